The van der Waals surface area contributed by atoms with E-state index in [0.29, 0.717) is 36.4 Å². The predicted molar refractivity (Wildman–Crippen MR) is 116 cm³/mol. The number of amides is 3. The molecule has 1 saturated heterocycles. The van der Waals surface area contributed by atoms with E-state index in [9.17, 15) is 19.2 Å². The van der Waals surface area contributed by atoms with E-state index in [1.165, 1.54) is 0 Å². The minimum atomic E-state index is -0.835. The second-order valence-corrected chi connectivity index (χ2v) is 8.22. The third-order valence-electron chi connectivity index (χ3n) is 5.65. The van der Waals surface area contributed by atoms with Crippen LogP contribution in [-0.4, -0.2) is 34.4 Å². The first-order valence-electron chi connectivity index (χ1n) is 10.1. The zero-order chi connectivity index (χ0) is 22.1. The van der Waals surface area contributed by atoms with Gasteiger partial charge in [-0.1, -0.05) is 42.4 Å². The summed E-state index contributed by atoms with van der Waals surface area (Å²) in [5.74, 6) is -1.29. The number of ketones is 1. The van der Waals surface area contributed by atoms with Crippen molar-refractivity contribution in [2.24, 2.45) is 0 Å². The van der Waals surface area contributed by atoms with Crippen molar-refractivity contribution >= 4 is 35.1 Å². The van der Waals surface area contributed by atoms with Crippen molar-refractivity contribution in [3.8, 4) is 0 Å². The van der Waals surface area contributed by atoms with Gasteiger partial charge in [-0.05, 0) is 48.6 Å². The molecule has 2 aromatic carbocycles. The number of carbonyl (C=O) groups is 4. The van der Waals surface area contributed by atoms with E-state index in [1.54, 1.807) is 24.3 Å². The van der Waals surface area contributed by atoms with Gasteiger partial charge in [0.2, 0.25) is 5.91 Å². The molecule has 1 atom stereocenters. The number of carbonyl (C=O) groups excluding carboxylic acids is 4. The number of Topliss-reactive ketones (excluding diaryl/α,β-unsaturated/α-hetero) is 1. The van der Waals surface area contributed by atoms with Crippen molar-refractivity contribution < 1.29 is 19.2 Å². The standard InChI is InChI=1S/C24H21ClN2O4/c1-14-6-11-21(22(29)26-14)27-23(30)18-10-8-15(12-19(18)24(27)31)7-9-17(28)13-16-4-2-3-5-20(16)25/h2-5,8,10,12,21H,1,6-7,9,11,13H2,(H,26,29). The minimum absolute atomic E-state index is 0.0386. The van der Waals surface area contributed by atoms with Crippen LogP contribution in [0.1, 0.15) is 51.1 Å². The highest BCUT2D eigenvalue weighted by atomic mass is 35.5. The molecule has 2 aliphatic heterocycles. The lowest BCUT2D eigenvalue weighted by Gasteiger charge is -2.29. The first-order valence-corrected chi connectivity index (χ1v) is 10.5. The lowest BCUT2D eigenvalue weighted by atomic mass is 9.99. The average molecular weight is 437 g/mol. The summed E-state index contributed by atoms with van der Waals surface area (Å²) in [6.45, 7) is 3.73. The maximum atomic E-state index is 12.9. The Morgan fingerprint density at radius 2 is 1.84 bits per heavy atom. The molecule has 0 spiro atoms. The highest BCUT2D eigenvalue weighted by Gasteiger charge is 2.43. The zero-order valence-electron chi connectivity index (χ0n) is 16.8. The summed E-state index contributed by atoms with van der Waals surface area (Å²) in [6, 6.07) is 11.4. The Hall–Kier alpha value is -3.25. The summed E-state index contributed by atoms with van der Waals surface area (Å²) in [5.41, 5.74) is 2.72. The smallest absolute Gasteiger partial charge is 0.262 e. The molecule has 1 N–H and O–H groups in total. The van der Waals surface area contributed by atoms with Gasteiger partial charge in [-0.3, -0.25) is 24.1 Å². The van der Waals surface area contributed by atoms with Crippen molar-refractivity contribution in [3.05, 3.63) is 82.0 Å². The van der Waals surface area contributed by atoms with Gasteiger partial charge in [-0.2, -0.15) is 0 Å². The maximum absolute atomic E-state index is 12.9. The zero-order valence-corrected chi connectivity index (χ0v) is 17.6. The number of nitrogens with zero attached hydrogens (tertiary/aromatic N) is 1. The first kappa shape index (κ1) is 21.0. The van der Waals surface area contributed by atoms with Gasteiger partial charge in [0.25, 0.3) is 11.8 Å². The van der Waals surface area contributed by atoms with E-state index in [1.807, 2.05) is 18.2 Å². The van der Waals surface area contributed by atoms with Gasteiger partial charge in [0.15, 0.2) is 0 Å². The van der Waals surface area contributed by atoms with Crippen molar-refractivity contribution in [1.82, 2.24) is 10.2 Å². The van der Waals surface area contributed by atoms with Gasteiger partial charge in [0.05, 0.1) is 11.1 Å². The van der Waals surface area contributed by atoms with Gasteiger partial charge in [-0.25, -0.2) is 0 Å². The van der Waals surface area contributed by atoms with E-state index in [-0.39, 0.29) is 23.3 Å². The van der Waals surface area contributed by atoms with Crippen LogP contribution in [0.25, 0.3) is 0 Å². The van der Waals surface area contributed by atoms with Gasteiger partial charge in [0, 0.05) is 23.6 Å². The number of fused-ring (bicyclic) bond motifs is 1. The Kier molecular flexibility index (Phi) is 5.74. The van der Waals surface area contributed by atoms with E-state index in [0.717, 1.165) is 16.0 Å². The van der Waals surface area contributed by atoms with Crippen molar-refractivity contribution in [3.63, 3.8) is 0 Å². The van der Waals surface area contributed by atoms with Crippen molar-refractivity contribution in [2.75, 3.05) is 0 Å². The van der Waals surface area contributed by atoms with Gasteiger partial charge < -0.3 is 5.32 Å². The number of allylic oxidation sites excluding steroid dienone is 1. The van der Waals surface area contributed by atoms with Crippen LogP contribution in [0.2, 0.25) is 5.02 Å². The molecular formula is C24H21ClN2O4. The predicted octanol–water partition coefficient (Wildman–Crippen LogP) is 3.47. The van der Waals surface area contributed by atoms with Gasteiger partial charge in [-0.15, -0.1) is 0 Å². The Bertz CT molecular complexity index is 1120. The number of nitrogens with one attached hydrogen (secondary N) is 1. The topological polar surface area (TPSA) is 83.6 Å². The molecule has 1 unspecified atom stereocenters. The SMILES string of the molecule is C=C1CCC(N2C(=O)c3ccc(CCC(=O)Cc4ccccc4Cl)cc3C2=O)C(=O)N1. The van der Waals surface area contributed by atoms with E-state index in [2.05, 4.69) is 11.9 Å². The van der Waals surface area contributed by atoms with Crippen LogP contribution in [0.5, 0.6) is 0 Å². The first-order chi connectivity index (χ1) is 14.8. The lowest BCUT2D eigenvalue weighted by molar-refractivity contribution is -0.125. The Labute approximate surface area is 184 Å². The van der Waals surface area contributed by atoms with E-state index in [4.69, 9.17) is 11.6 Å². The number of hydrogen-bond donors (Lipinski definition) is 1. The molecule has 0 radical (unpaired) electrons. The summed E-state index contributed by atoms with van der Waals surface area (Å²) in [4.78, 5) is 51.4. The number of halogens is 1. The summed E-state index contributed by atoms with van der Waals surface area (Å²) < 4.78 is 0. The quantitative estimate of drug-likeness (QED) is 0.703. The second kappa shape index (κ2) is 8.47. The summed E-state index contributed by atoms with van der Waals surface area (Å²) >= 11 is 6.12. The molecule has 2 heterocycles. The highest BCUT2D eigenvalue weighted by molar-refractivity contribution is 6.31. The maximum Gasteiger partial charge on any atom is 0.262 e. The lowest BCUT2D eigenvalue weighted by Crippen LogP contribution is -2.51. The number of hydrogen-bond acceptors (Lipinski definition) is 4. The fourth-order valence-corrected chi connectivity index (χ4v) is 4.18. The third-order valence-corrected chi connectivity index (χ3v) is 6.02. The molecule has 6 nitrogen and oxygen atoms in total. The van der Waals surface area contributed by atoms with Crippen LogP contribution in [0.15, 0.2) is 54.7 Å². The van der Waals surface area contributed by atoms with Crippen LogP contribution in [0.3, 0.4) is 0 Å². The Balaban J connectivity index is 1.45. The molecule has 0 aromatic heterocycles. The number of aryl methyl sites for hydroxylation is 1. The molecule has 3 amide bonds. The monoisotopic (exact) mass is 436 g/mol. The number of benzene rings is 2. The summed E-state index contributed by atoms with van der Waals surface area (Å²) in [7, 11) is 0. The van der Waals surface area contributed by atoms with Crippen LogP contribution in [0, 0.1) is 0 Å². The number of imide groups is 1. The molecule has 0 aliphatic carbocycles. The van der Waals surface area contributed by atoms with Gasteiger partial charge in [0.1, 0.15) is 11.8 Å². The van der Waals surface area contributed by atoms with Crippen molar-refractivity contribution in [1.29, 1.82) is 0 Å². The summed E-state index contributed by atoms with van der Waals surface area (Å²) in [6.07, 6.45) is 1.87. The van der Waals surface area contributed by atoms with Crippen LogP contribution < -0.4 is 5.32 Å². The van der Waals surface area contributed by atoms with E-state index < -0.39 is 23.8 Å². The van der Waals surface area contributed by atoms with Crippen LogP contribution in [0.4, 0.5) is 0 Å². The number of piperidine rings is 1. The normalized spacial score (nSPS) is 18.2. The average Bonchev–Trinajstić information content (AvgIpc) is 2.98. The molecule has 158 valence electrons. The minimum Gasteiger partial charge on any atom is -0.329 e. The fourth-order valence-electron chi connectivity index (χ4n) is 3.98. The number of rotatable bonds is 6. The molecule has 2 aliphatic rings. The molecular weight excluding hydrogens is 416 g/mol. The molecule has 2 aromatic rings. The fraction of sp³-hybridized carbons (Fsp3) is 0.250. The van der Waals surface area contributed by atoms with Crippen LogP contribution in [-0.2, 0) is 22.4 Å². The molecule has 31 heavy (non-hydrogen) atoms. The third kappa shape index (κ3) is 4.16. The largest absolute Gasteiger partial charge is 0.329 e. The molecule has 1 fully saturated rings. The van der Waals surface area contributed by atoms with Crippen LogP contribution >= 0.6 is 11.6 Å². The Morgan fingerprint density at radius 1 is 1.10 bits per heavy atom. The molecule has 4 rings (SSSR count). The molecule has 7 heteroatoms. The summed E-state index contributed by atoms with van der Waals surface area (Å²) in [5, 5.41) is 3.18. The second-order valence-electron chi connectivity index (χ2n) is 7.81. The molecule has 0 bridgehead atoms. The Morgan fingerprint density at radius 3 is 2.58 bits per heavy atom. The molecule has 0 saturated carbocycles. The van der Waals surface area contributed by atoms with Gasteiger partial charge >= 0.3 is 0 Å². The highest BCUT2D eigenvalue weighted by Crippen LogP contribution is 2.29. The van der Waals surface area contributed by atoms with Crippen molar-refractivity contribution in [2.45, 2.75) is 38.1 Å². The van der Waals surface area contributed by atoms with E-state index >= 15 is 0 Å².